The Kier molecular flexibility index (Phi) is 21.9. The number of carboxylic acids is 2. The van der Waals surface area contributed by atoms with Gasteiger partial charge < -0.3 is 63.6 Å². The number of halogens is 5. The minimum absolute atomic E-state index is 0.0631. The van der Waals surface area contributed by atoms with E-state index in [4.69, 9.17) is 54.3 Å². The summed E-state index contributed by atoms with van der Waals surface area (Å²) in [7, 11) is 1.55. The normalized spacial score (nSPS) is 12.4. The Morgan fingerprint density at radius 3 is 2.23 bits per heavy atom. The number of fused-ring (bicyclic) bond motifs is 2. The van der Waals surface area contributed by atoms with Crippen LogP contribution in [0.4, 0.5) is 23.5 Å². The van der Waals surface area contributed by atoms with E-state index in [0.717, 1.165) is 5.69 Å². The van der Waals surface area contributed by atoms with Gasteiger partial charge in [0.15, 0.2) is 11.5 Å². The molecule has 3 aromatic carbocycles. The Morgan fingerprint density at radius 1 is 0.854 bits per heavy atom. The van der Waals surface area contributed by atoms with Crippen molar-refractivity contribution in [3.8, 4) is 45.5 Å². The number of aromatic hydroxyl groups is 1. The van der Waals surface area contributed by atoms with Crippen molar-refractivity contribution in [2.45, 2.75) is 44.6 Å². The number of aromatic carboxylic acids is 1. The number of anilines is 1. The van der Waals surface area contributed by atoms with Gasteiger partial charge in [0.2, 0.25) is 17.6 Å². The van der Waals surface area contributed by atoms with Crippen LogP contribution < -0.4 is 40.1 Å². The molecule has 1 fully saturated rings. The lowest BCUT2D eigenvalue weighted by molar-refractivity contribution is -0.595. The number of methoxy groups -OCH3 is 1. The fourth-order valence-electron chi connectivity index (χ4n) is 8.27. The van der Waals surface area contributed by atoms with E-state index in [-0.39, 0.29) is 57.3 Å². The Bertz CT molecular complexity index is 3340. The predicted octanol–water partition coefficient (Wildman–Crippen LogP) is 5.40. The van der Waals surface area contributed by atoms with Crippen molar-refractivity contribution in [1.29, 1.82) is 0 Å². The number of nitrogens with zero attached hydrogens (tertiary/aromatic N) is 4. The molecule has 5 N–H and O–H groups in total. The minimum Gasteiger partial charge on any atom is -0.542 e. The molecule has 2 aromatic heterocycles. The van der Waals surface area contributed by atoms with Crippen LogP contribution in [-0.2, 0) is 35.1 Å². The number of amides is 2. The second kappa shape index (κ2) is 29.3. The van der Waals surface area contributed by atoms with Gasteiger partial charge in [0, 0.05) is 64.9 Å². The third kappa shape index (κ3) is 17.1. The van der Waals surface area contributed by atoms with Crippen molar-refractivity contribution >= 4 is 52.3 Å². The fourth-order valence-corrected chi connectivity index (χ4v) is 8.48. The van der Waals surface area contributed by atoms with Crippen molar-refractivity contribution in [3.05, 3.63) is 129 Å². The van der Waals surface area contributed by atoms with Gasteiger partial charge in [0.1, 0.15) is 46.9 Å². The van der Waals surface area contributed by atoms with Gasteiger partial charge >= 0.3 is 18.1 Å². The van der Waals surface area contributed by atoms with E-state index in [1.807, 2.05) is 15.5 Å². The highest BCUT2D eigenvalue weighted by molar-refractivity contribution is 6.32. The first-order valence-electron chi connectivity index (χ1n) is 25.5. The van der Waals surface area contributed by atoms with Crippen LogP contribution in [0.2, 0.25) is 5.02 Å². The van der Waals surface area contributed by atoms with E-state index in [9.17, 15) is 47.0 Å². The molecule has 8 rings (SSSR count). The van der Waals surface area contributed by atoms with Gasteiger partial charge in [0.05, 0.1) is 83.2 Å². The summed E-state index contributed by atoms with van der Waals surface area (Å²) in [4.78, 5) is 65.3. The molecule has 27 heteroatoms. The summed E-state index contributed by atoms with van der Waals surface area (Å²) < 4.78 is 86.8. The molecular formula is C55H56ClF4N7O15. The molecule has 3 aliphatic rings. The lowest BCUT2D eigenvalue weighted by atomic mass is 9.90. The summed E-state index contributed by atoms with van der Waals surface area (Å²) >= 11 is 6.16. The fraction of sp³-hybridized carbons (Fsp3) is 0.345. The number of nitrogens with one attached hydrogen (secondary N) is 3. The molecule has 0 radical (unpaired) electrons. The third-order valence-electron chi connectivity index (χ3n) is 12.2. The van der Waals surface area contributed by atoms with Gasteiger partial charge in [-0.2, -0.15) is 22.8 Å². The first-order valence-corrected chi connectivity index (χ1v) is 25.9. The lowest BCUT2D eigenvalue weighted by Crippen LogP contribution is -2.58. The van der Waals surface area contributed by atoms with Crippen LogP contribution in [0, 0.1) is 5.82 Å². The van der Waals surface area contributed by atoms with Crippen LogP contribution in [0.1, 0.15) is 52.2 Å². The van der Waals surface area contributed by atoms with Crippen LogP contribution in [-0.4, -0.2) is 141 Å². The molecule has 4 heterocycles. The summed E-state index contributed by atoms with van der Waals surface area (Å²) in [6.07, 6.45) is -1.46. The predicted molar refractivity (Wildman–Crippen MR) is 283 cm³/mol. The van der Waals surface area contributed by atoms with Gasteiger partial charge in [-0.3, -0.25) is 19.3 Å². The van der Waals surface area contributed by atoms with E-state index < -0.39 is 29.8 Å². The number of carbonyl (C=O) groups is 4. The second-order valence-corrected chi connectivity index (χ2v) is 18.5. The molecule has 0 bridgehead atoms. The molecule has 0 saturated carbocycles. The number of unbranched alkanes of at least 4 members (excludes halogenated alkanes) is 2. The number of alkyl halides is 3. The maximum absolute atomic E-state index is 13.5. The number of H-pyrrole nitrogens is 1. The van der Waals surface area contributed by atoms with Crippen LogP contribution in [0.3, 0.4) is 0 Å². The number of carbonyl (C=O) groups excluding carboxylic acids is 3. The highest BCUT2D eigenvalue weighted by Gasteiger charge is 2.39. The summed E-state index contributed by atoms with van der Waals surface area (Å²) in [6, 6.07) is 20.7. The summed E-state index contributed by atoms with van der Waals surface area (Å²) in [5, 5.41) is 43.1. The number of carboxylic acid groups (broad SMARTS) is 2. The van der Waals surface area contributed by atoms with Gasteiger partial charge in [-0.25, -0.2) is 14.2 Å². The topological polar surface area (TPSA) is 290 Å². The van der Waals surface area contributed by atoms with E-state index in [0.29, 0.717) is 144 Å². The number of pyridine rings is 1. The van der Waals surface area contributed by atoms with Crippen molar-refractivity contribution in [2.75, 3.05) is 84.4 Å². The van der Waals surface area contributed by atoms with Gasteiger partial charge in [0.25, 0.3) is 5.91 Å². The molecule has 22 nitrogen and oxygen atoms in total. The van der Waals surface area contributed by atoms with E-state index in [1.54, 1.807) is 37.6 Å². The van der Waals surface area contributed by atoms with Gasteiger partial charge in [-0.15, -0.1) is 0 Å². The van der Waals surface area contributed by atoms with Crippen LogP contribution in [0.5, 0.6) is 17.4 Å². The molecular weight excluding hydrogens is 1110 g/mol. The number of rotatable bonds is 28. The quantitative estimate of drug-likeness (QED) is 0.0177. The molecule has 0 atom stereocenters. The average molecular weight is 1170 g/mol. The standard InChI is InChI=1S/C53H55ClFN7O13.C2HF3O2/c1-69-49-15-8-35(29-58-49)62-47(59-60-53(62)61-30-38(31-61)74-44-14-7-34(55)26-43(44)54)32-73-24-23-72-22-21-71-20-19-70-18-17-56-48(65)5-3-2-4-16-57-51(66)33-6-11-39(42(25-33)52(67)68)50-40-12-9-36(63)27-45(40)75-46-28-37(64)10-13-41(46)50;3-2(4,5)1(6)7/h6-15,25-29,38H,2-5,16-24,30-32H2,1H3,(H4,56,57,63,64,65,66,67,68);(H,6,7). The van der Waals surface area contributed by atoms with Crippen LogP contribution in [0.15, 0.2) is 100 Å². The number of phenols is 1. The minimum atomic E-state index is -5.19. The zero-order valence-corrected chi connectivity index (χ0v) is 44.7. The summed E-state index contributed by atoms with van der Waals surface area (Å²) in [6.45, 7) is 4.38. The average Bonchev–Trinajstić information content (AvgIpc) is 2.08. The maximum atomic E-state index is 13.5. The second-order valence-electron chi connectivity index (χ2n) is 18.1. The highest BCUT2D eigenvalue weighted by Crippen LogP contribution is 2.42. The van der Waals surface area contributed by atoms with Crippen molar-refractivity contribution in [3.63, 3.8) is 0 Å². The number of ether oxygens (including phenoxy) is 6. The van der Waals surface area contributed by atoms with Crippen molar-refractivity contribution in [2.24, 2.45) is 0 Å². The zero-order valence-electron chi connectivity index (χ0n) is 43.9. The number of benzene rings is 4. The Labute approximate surface area is 469 Å². The molecule has 0 spiro atoms. The SMILES string of the molecule is COc1ccc(-[n+]2c(N3CC(Oc4ccc(F)cc4Cl)C3)n[nH]c2COCCOCCOCCOCCNC(=O)CCCCCNC(=O)c2ccc(-c3c4ccc(=O)cc-4oc4cc(O)ccc34)c(C(=O)O)c2)cn1.O=C([O-])C(F)(F)F. The first kappa shape index (κ1) is 61.2. The van der Waals surface area contributed by atoms with Crippen molar-refractivity contribution < 1.29 is 89.5 Å². The molecule has 436 valence electrons. The maximum Gasteiger partial charge on any atom is 0.430 e. The number of hydrogen-bond donors (Lipinski definition) is 5. The molecule has 5 aromatic rings. The monoisotopic (exact) mass is 1170 g/mol. The molecule has 1 saturated heterocycles. The molecule has 2 amide bonds. The molecule has 2 aliphatic heterocycles. The van der Waals surface area contributed by atoms with Crippen LogP contribution in [0.25, 0.3) is 39.1 Å². The smallest absolute Gasteiger partial charge is 0.430 e. The third-order valence-corrected chi connectivity index (χ3v) is 12.5. The number of aromatic amines is 1. The number of hydrogen-bond acceptors (Lipinski definition) is 17. The lowest BCUT2D eigenvalue weighted by Gasteiger charge is -2.35. The van der Waals surface area contributed by atoms with E-state index >= 15 is 0 Å². The molecule has 1 aliphatic carbocycles. The van der Waals surface area contributed by atoms with Crippen LogP contribution >= 0.6 is 11.6 Å². The highest BCUT2D eigenvalue weighted by atomic mass is 35.5. The number of aromatic nitrogens is 4. The van der Waals surface area contributed by atoms with Gasteiger partial charge in [-0.05, 0) is 79.1 Å². The van der Waals surface area contributed by atoms with E-state index in [1.165, 1.54) is 54.6 Å². The van der Waals surface area contributed by atoms with Crippen molar-refractivity contribution in [1.82, 2.24) is 25.8 Å². The van der Waals surface area contributed by atoms with E-state index in [2.05, 4.69) is 25.8 Å². The molecule has 0 unspecified atom stereocenters. The molecule has 82 heavy (non-hydrogen) atoms. The van der Waals surface area contributed by atoms with Gasteiger partial charge in [-0.1, -0.05) is 24.1 Å². The summed E-state index contributed by atoms with van der Waals surface area (Å²) in [5.74, 6) is -2.87. The Morgan fingerprint density at radius 2 is 1.56 bits per heavy atom. The largest absolute Gasteiger partial charge is 0.542 e. The Balaban J connectivity index is 0.00000130. The summed E-state index contributed by atoms with van der Waals surface area (Å²) in [5.41, 5.74) is 2.04. The number of aliphatic carboxylic acids is 1. The first-order chi connectivity index (χ1) is 39.4. The Hall–Kier alpha value is -8.43. The number of phenolic OH excluding ortho intramolecular Hbond substituents is 1. The zero-order chi connectivity index (χ0) is 58.8.